The zero-order chi connectivity index (χ0) is 31.2. The van der Waals surface area contributed by atoms with E-state index in [9.17, 15) is 12.8 Å². The van der Waals surface area contributed by atoms with Gasteiger partial charge in [0.2, 0.25) is 10.3 Å². The van der Waals surface area contributed by atoms with Crippen LogP contribution in [0.25, 0.3) is 22.3 Å². The normalized spacial score (nSPS) is 11.0. The van der Waals surface area contributed by atoms with Crippen molar-refractivity contribution < 1.29 is 17.5 Å². The van der Waals surface area contributed by atoms with Crippen LogP contribution in [0.1, 0.15) is 16.3 Å². The molecule has 2 N–H and O–H groups in total. The van der Waals surface area contributed by atoms with Gasteiger partial charge in [0.25, 0.3) is 0 Å². The van der Waals surface area contributed by atoms with E-state index in [0.29, 0.717) is 40.7 Å². The maximum Gasteiger partial charge on any atom is 0.220 e. The lowest BCUT2D eigenvalue weighted by Crippen LogP contribution is -2.24. The Hall–Kier alpha value is -4.63. The molecule has 6 aromatic rings. The van der Waals surface area contributed by atoms with E-state index in [-0.39, 0.29) is 23.8 Å². The largest absolute Gasteiger partial charge is 0.488 e. The molecule has 0 aliphatic rings. The lowest BCUT2D eigenvalue weighted by atomic mass is 10.2. The van der Waals surface area contributed by atoms with Crippen molar-refractivity contribution in [2.75, 3.05) is 11.9 Å². The number of aromatic nitrogens is 5. The maximum absolute atomic E-state index is 13.5. The van der Waals surface area contributed by atoms with E-state index in [2.05, 4.69) is 46.5 Å². The number of pyridine rings is 2. The monoisotopic (exact) mass is 703 g/mol. The third-order valence-electron chi connectivity index (χ3n) is 6.53. The summed E-state index contributed by atoms with van der Waals surface area (Å²) in [6, 6.07) is 18.9. The molecule has 2 aromatic carbocycles. The number of halogens is 2. The topological polar surface area (TPSA) is 132 Å². The molecule has 0 aliphatic carbocycles. The summed E-state index contributed by atoms with van der Waals surface area (Å²) in [5.74, 6) is 0.896. The second-order valence-electron chi connectivity index (χ2n) is 9.60. The van der Waals surface area contributed by atoms with Crippen LogP contribution >= 0.6 is 27.3 Å². The van der Waals surface area contributed by atoms with E-state index in [4.69, 9.17) is 9.72 Å². The Labute approximate surface area is 271 Å². The lowest BCUT2D eigenvalue weighted by molar-refractivity contribution is 0.303. The predicted molar refractivity (Wildman–Crippen MR) is 176 cm³/mol. The van der Waals surface area contributed by atoms with Crippen LogP contribution in [0, 0.1) is 5.82 Å². The minimum atomic E-state index is -2.40. The zero-order valence-corrected chi connectivity index (χ0v) is 26.5. The molecular formula is C31H23BrFN7O3S2. The van der Waals surface area contributed by atoms with Gasteiger partial charge in [-0.1, -0.05) is 18.2 Å². The lowest BCUT2D eigenvalue weighted by Gasteiger charge is -2.12. The van der Waals surface area contributed by atoms with Crippen LogP contribution in [-0.4, -0.2) is 44.7 Å². The van der Waals surface area contributed by atoms with Crippen molar-refractivity contribution in [1.82, 2.24) is 30.2 Å². The quantitative estimate of drug-likeness (QED) is 0.123. The number of nitrogens with one attached hydrogen (secondary N) is 2. The van der Waals surface area contributed by atoms with Gasteiger partial charge in [-0.15, -0.1) is 11.3 Å². The molecule has 0 unspecified atom stereocenters. The highest BCUT2D eigenvalue weighted by molar-refractivity contribution is 9.10. The number of benzene rings is 2. The highest BCUT2D eigenvalue weighted by atomic mass is 79.9. The molecule has 226 valence electrons. The third kappa shape index (κ3) is 7.54. The Morgan fingerprint density at radius 1 is 0.978 bits per heavy atom. The summed E-state index contributed by atoms with van der Waals surface area (Å²) in [4.78, 5) is 22.4. The second-order valence-corrected chi connectivity index (χ2v) is 12.4. The molecule has 0 bridgehead atoms. The molecule has 0 fully saturated rings. The Morgan fingerprint density at radius 3 is 2.69 bits per heavy atom. The summed E-state index contributed by atoms with van der Waals surface area (Å²) in [7, 11) is -2.40. The van der Waals surface area contributed by atoms with Crippen LogP contribution < -0.4 is 15.4 Å². The van der Waals surface area contributed by atoms with Gasteiger partial charge in [-0.25, -0.2) is 19.3 Å². The van der Waals surface area contributed by atoms with Crippen molar-refractivity contribution in [1.29, 1.82) is 0 Å². The third-order valence-corrected chi connectivity index (χ3v) is 8.75. The number of fused-ring (bicyclic) bond motifs is 1. The van der Waals surface area contributed by atoms with Crippen LogP contribution in [0.5, 0.6) is 5.75 Å². The first kappa shape index (κ1) is 30.4. The molecule has 0 radical (unpaired) electrons. The molecule has 4 aromatic heterocycles. The fraction of sp³-hybridized carbons (Fsp3) is 0.0968. The van der Waals surface area contributed by atoms with Gasteiger partial charge in [0.05, 0.1) is 33.3 Å². The molecule has 10 nitrogen and oxygen atoms in total. The molecule has 45 heavy (non-hydrogen) atoms. The molecule has 14 heteroatoms. The number of anilines is 2. The van der Waals surface area contributed by atoms with Crippen LogP contribution in [0.4, 0.5) is 15.9 Å². The minimum Gasteiger partial charge on any atom is -0.488 e. The molecule has 0 saturated heterocycles. The number of rotatable bonds is 11. The summed E-state index contributed by atoms with van der Waals surface area (Å²) in [6.45, 7) is 0.729. The summed E-state index contributed by atoms with van der Waals surface area (Å²) in [5.41, 5.74) is 3.88. The molecule has 4 heterocycles. The molecule has 0 saturated carbocycles. The van der Waals surface area contributed by atoms with Crippen LogP contribution in [-0.2, 0) is 23.4 Å². The number of hydrogen-bond donors (Lipinski definition) is 2. The van der Waals surface area contributed by atoms with Gasteiger partial charge in [0, 0.05) is 35.7 Å². The fourth-order valence-corrected chi connectivity index (χ4v) is 6.14. The van der Waals surface area contributed by atoms with Crippen molar-refractivity contribution in [2.45, 2.75) is 13.2 Å². The zero-order valence-electron chi connectivity index (χ0n) is 23.3. The molecule has 0 amide bonds. The molecular weight excluding hydrogens is 681 g/mol. The first-order valence-corrected chi connectivity index (χ1v) is 16.2. The van der Waals surface area contributed by atoms with E-state index in [1.165, 1.54) is 29.8 Å². The first-order valence-electron chi connectivity index (χ1n) is 13.5. The van der Waals surface area contributed by atoms with Crippen molar-refractivity contribution >= 4 is 64.8 Å². The van der Waals surface area contributed by atoms with E-state index in [1.54, 1.807) is 42.7 Å². The predicted octanol–water partition coefficient (Wildman–Crippen LogP) is 5.96. The standard InChI is InChI=1S/C31H23BrFN7O3S2/c32-23-11-21(7-8-28(23)43-16-19-4-3-5-20(33)10-19)39-31-22-12-25(36-13-26(22)37-18-38-31)27-17-44-30(40-27)15-34-14-29(45(41)42)24-6-1-2-9-35-24/h1-13,17-18,34H,14-16H2,(H,37,38,39). The van der Waals surface area contributed by atoms with Crippen molar-refractivity contribution in [3.05, 3.63) is 117 Å². The highest BCUT2D eigenvalue weighted by Crippen LogP contribution is 2.32. The van der Waals surface area contributed by atoms with Crippen molar-refractivity contribution in [2.24, 2.45) is 0 Å². The average molecular weight is 705 g/mol. The van der Waals surface area contributed by atoms with Gasteiger partial charge in [0.1, 0.15) is 40.2 Å². The number of hydrogen-bond acceptors (Lipinski definition) is 11. The maximum atomic E-state index is 13.5. The fourth-order valence-electron chi connectivity index (χ4n) is 4.37. The summed E-state index contributed by atoms with van der Waals surface area (Å²) in [5, 5.41) is 9.91. The number of nitrogens with zero attached hydrogens (tertiary/aromatic N) is 5. The van der Waals surface area contributed by atoms with Gasteiger partial charge in [-0.3, -0.25) is 9.97 Å². The van der Waals surface area contributed by atoms with Crippen LogP contribution in [0.15, 0.2) is 95.3 Å². The van der Waals surface area contributed by atoms with Gasteiger partial charge in [-0.2, -0.15) is 8.42 Å². The smallest absolute Gasteiger partial charge is 0.220 e. The first-order chi connectivity index (χ1) is 21.9. The van der Waals surface area contributed by atoms with E-state index >= 15 is 0 Å². The molecule has 0 spiro atoms. The molecule has 0 atom stereocenters. The summed E-state index contributed by atoms with van der Waals surface area (Å²) < 4.78 is 43.5. The Balaban J connectivity index is 1.14. The van der Waals surface area contributed by atoms with Crippen LogP contribution in [0.3, 0.4) is 0 Å². The number of ether oxygens (including phenoxy) is 1. The van der Waals surface area contributed by atoms with Crippen molar-refractivity contribution in [3.8, 4) is 17.1 Å². The van der Waals surface area contributed by atoms with Crippen molar-refractivity contribution in [3.63, 3.8) is 0 Å². The molecule has 0 aliphatic heterocycles. The van der Waals surface area contributed by atoms with Gasteiger partial charge in [-0.05, 0) is 70.0 Å². The van der Waals surface area contributed by atoms with E-state index in [0.717, 1.165) is 26.1 Å². The molecule has 6 rings (SSSR count). The van der Waals surface area contributed by atoms with Gasteiger partial charge >= 0.3 is 0 Å². The summed E-state index contributed by atoms with van der Waals surface area (Å²) in [6.07, 6.45) is 4.70. The average Bonchev–Trinajstić information content (AvgIpc) is 3.52. The SMILES string of the molecule is O=S(=O)=C(CNCc1nc(-c2cc3c(Nc4ccc(OCc5cccc(F)c5)c(Br)c4)ncnc3cn2)cs1)c1ccccn1. The Morgan fingerprint density at radius 2 is 1.89 bits per heavy atom. The van der Waals surface area contributed by atoms with Gasteiger partial charge < -0.3 is 15.4 Å². The van der Waals surface area contributed by atoms with E-state index < -0.39 is 10.3 Å². The van der Waals surface area contributed by atoms with Crippen LogP contribution in [0.2, 0.25) is 0 Å². The highest BCUT2D eigenvalue weighted by Gasteiger charge is 2.13. The Bertz CT molecular complexity index is 2120. The number of thiazole rings is 1. The Kier molecular flexibility index (Phi) is 9.45. The minimum absolute atomic E-state index is 0.124. The van der Waals surface area contributed by atoms with Gasteiger partial charge in [0.15, 0.2) is 0 Å². The second kappa shape index (κ2) is 14.0. The van der Waals surface area contributed by atoms with E-state index in [1.807, 2.05) is 29.6 Å². The summed E-state index contributed by atoms with van der Waals surface area (Å²) >= 11 is 5.00.